The van der Waals surface area contributed by atoms with Crippen LogP contribution in [0.4, 0.5) is 10.1 Å². The van der Waals surface area contributed by atoms with Crippen molar-refractivity contribution in [2.45, 2.75) is 45.3 Å². The normalized spacial score (nSPS) is 18.2. The van der Waals surface area contributed by atoms with E-state index in [2.05, 4.69) is 10.6 Å². The molecule has 1 saturated heterocycles. The van der Waals surface area contributed by atoms with Crippen LogP contribution in [0.25, 0.3) is 0 Å². The van der Waals surface area contributed by atoms with E-state index in [0.29, 0.717) is 37.9 Å². The van der Waals surface area contributed by atoms with Gasteiger partial charge in [0.2, 0.25) is 11.8 Å². The molecule has 5 nitrogen and oxygen atoms in total. The summed E-state index contributed by atoms with van der Waals surface area (Å²) >= 11 is 0. The van der Waals surface area contributed by atoms with Crippen molar-refractivity contribution in [2.24, 2.45) is 0 Å². The van der Waals surface area contributed by atoms with Crippen molar-refractivity contribution in [3.63, 3.8) is 0 Å². The van der Waals surface area contributed by atoms with Crippen molar-refractivity contribution in [1.29, 1.82) is 0 Å². The lowest BCUT2D eigenvalue weighted by Crippen LogP contribution is -2.41. The van der Waals surface area contributed by atoms with E-state index in [-0.39, 0.29) is 35.7 Å². The first-order valence-electron chi connectivity index (χ1n) is 9.70. The Labute approximate surface area is 176 Å². The Bertz CT molecular complexity index is 917. The molecule has 4 rings (SSSR count). The molecule has 2 aliphatic rings. The van der Waals surface area contributed by atoms with Crippen LogP contribution in [0.2, 0.25) is 0 Å². The Kier molecular flexibility index (Phi) is 6.55. The Morgan fingerprint density at radius 1 is 1.21 bits per heavy atom. The lowest BCUT2D eigenvalue weighted by atomic mass is 9.99. The third kappa shape index (κ3) is 4.43. The van der Waals surface area contributed by atoms with E-state index in [1.165, 1.54) is 0 Å². The Hall–Kier alpha value is -2.44. The third-order valence-corrected chi connectivity index (χ3v) is 5.57. The number of halogens is 2. The van der Waals surface area contributed by atoms with Crippen molar-refractivity contribution in [3.8, 4) is 0 Å². The van der Waals surface area contributed by atoms with Gasteiger partial charge in [0.25, 0.3) is 0 Å². The molecule has 29 heavy (non-hydrogen) atoms. The second-order valence-electron chi connectivity index (χ2n) is 7.54. The molecule has 2 heterocycles. The van der Waals surface area contributed by atoms with Gasteiger partial charge in [-0.3, -0.25) is 9.59 Å². The van der Waals surface area contributed by atoms with E-state index in [0.717, 1.165) is 23.2 Å². The van der Waals surface area contributed by atoms with Crippen LogP contribution < -0.4 is 10.6 Å². The highest BCUT2D eigenvalue weighted by Gasteiger charge is 2.36. The molecule has 0 spiro atoms. The summed E-state index contributed by atoms with van der Waals surface area (Å²) in [6.07, 6.45) is 1.39. The number of aryl methyl sites for hydroxylation is 1. The van der Waals surface area contributed by atoms with Gasteiger partial charge in [-0.15, -0.1) is 12.4 Å². The molecule has 2 N–H and O–H groups in total. The number of benzene rings is 2. The molecule has 2 aromatic carbocycles. The van der Waals surface area contributed by atoms with Gasteiger partial charge in [0.15, 0.2) is 0 Å². The zero-order valence-corrected chi connectivity index (χ0v) is 17.2. The zero-order chi connectivity index (χ0) is 19.7. The smallest absolute Gasteiger partial charge is 0.247 e. The van der Waals surface area contributed by atoms with E-state index in [1.54, 1.807) is 11.0 Å². The molecule has 0 aliphatic carbocycles. The maximum atomic E-state index is 14.8. The maximum absolute atomic E-state index is 14.8. The summed E-state index contributed by atoms with van der Waals surface area (Å²) in [6.45, 7) is 3.75. The van der Waals surface area contributed by atoms with Crippen LogP contribution in [0.3, 0.4) is 0 Å². The fourth-order valence-corrected chi connectivity index (χ4v) is 3.94. The second-order valence-corrected chi connectivity index (χ2v) is 7.54. The van der Waals surface area contributed by atoms with Gasteiger partial charge in [-0.2, -0.15) is 0 Å². The van der Waals surface area contributed by atoms with Crippen LogP contribution >= 0.6 is 12.4 Å². The molecular formula is C22H25ClFN3O2. The standard InChI is InChI=1S/C22H24FN3O2.ClH/c1-14-2-4-15(5-3-14)13-26-19(8-9-20(26)27)22(28)25-18-7-6-16-12-24-11-10-17(16)21(18)23;/h2-7,19,24H,8-13H2,1H3,(H,25,28);1H. The summed E-state index contributed by atoms with van der Waals surface area (Å²) in [5, 5.41) is 5.93. The average Bonchev–Trinajstić information content (AvgIpc) is 3.06. The van der Waals surface area contributed by atoms with Gasteiger partial charge in [0.05, 0.1) is 5.69 Å². The van der Waals surface area contributed by atoms with E-state index in [1.807, 2.05) is 37.3 Å². The monoisotopic (exact) mass is 417 g/mol. The van der Waals surface area contributed by atoms with E-state index in [4.69, 9.17) is 0 Å². The third-order valence-electron chi connectivity index (χ3n) is 5.57. The predicted molar refractivity (Wildman–Crippen MR) is 112 cm³/mol. The highest BCUT2D eigenvalue weighted by molar-refractivity contribution is 5.99. The summed E-state index contributed by atoms with van der Waals surface area (Å²) in [7, 11) is 0. The minimum atomic E-state index is -0.578. The molecule has 154 valence electrons. The molecule has 1 atom stereocenters. The second kappa shape index (κ2) is 8.93. The summed E-state index contributed by atoms with van der Waals surface area (Å²) in [6, 6.07) is 10.8. The molecular weight excluding hydrogens is 393 g/mol. The topological polar surface area (TPSA) is 61.4 Å². The lowest BCUT2D eigenvalue weighted by molar-refractivity contribution is -0.133. The maximum Gasteiger partial charge on any atom is 0.247 e. The highest BCUT2D eigenvalue weighted by atomic mass is 35.5. The SMILES string of the molecule is Cc1ccc(CN2C(=O)CCC2C(=O)Nc2ccc3c(c2F)CCNC3)cc1.Cl. The predicted octanol–water partition coefficient (Wildman–Crippen LogP) is 3.33. The summed E-state index contributed by atoms with van der Waals surface area (Å²) < 4.78 is 14.8. The van der Waals surface area contributed by atoms with Crippen molar-refractivity contribution in [2.75, 3.05) is 11.9 Å². The van der Waals surface area contributed by atoms with Crippen molar-refractivity contribution >= 4 is 29.9 Å². The van der Waals surface area contributed by atoms with E-state index in [9.17, 15) is 14.0 Å². The number of likely N-dealkylation sites (tertiary alicyclic amines) is 1. The first-order chi connectivity index (χ1) is 13.5. The molecule has 0 aromatic heterocycles. The van der Waals surface area contributed by atoms with Crippen LogP contribution in [-0.2, 0) is 29.1 Å². The fourth-order valence-electron chi connectivity index (χ4n) is 3.94. The largest absolute Gasteiger partial charge is 0.326 e. The van der Waals surface area contributed by atoms with Gasteiger partial charge in [0, 0.05) is 19.5 Å². The quantitative estimate of drug-likeness (QED) is 0.802. The molecule has 2 aliphatic heterocycles. The van der Waals surface area contributed by atoms with Crippen LogP contribution in [0.5, 0.6) is 0 Å². The molecule has 0 radical (unpaired) electrons. The number of hydrogen-bond donors (Lipinski definition) is 2. The van der Waals surface area contributed by atoms with Gasteiger partial charge in [-0.1, -0.05) is 35.9 Å². The Morgan fingerprint density at radius 3 is 2.72 bits per heavy atom. The lowest BCUT2D eigenvalue weighted by Gasteiger charge is -2.25. The first-order valence-corrected chi connectivity index (χ1v) is 9.70. The van der Waals surface area contributed by atoms with Crippen LogP contribution in [0, 0.1) is 12.7 Å². The summed E-state index contributed by atoms with van der Waals surface area (Å²) in [5.74, 6) is -0.731. The number of fused-ring (bicyclic) bond motifs is 1. The number of carbonyl (C=O) groups is 2. The number of hydrogen-bond acceptors (Lipinski definition) is 3. The molecule has 0 bridgehead atoms. The van der Waals surface area contributed by atoms with Crippen molar-refractivity contribution < 1.29 is 14.0 Å². The van der Waals surface area contributed by atoms with Gasteiger partial charge < -0.3 is 15.5 Å². The number of nitrogens with one attached hydrogen (secondary N) is 2. The van der Waals surface area contributed by atoms with Gasteiger partial charge >= 0.3 is 0 Å². The minimum Gasteiger partial charge on any atom is -0.326 e. The fraction of sp³-hybridized carbons (Fsp3) is 0.364. The van der Waals surface area contributed by atoms with Crippen LogP contribution in [-0.4, -0.2) is 29.3 Å². The zero-order valence-electron chi connectivity index (χ0n) is 16.3. The Balaban J connectivity index is 0.00000240. The molecule has 2 aromatic rings. The van der Waals surface area contributed by atoms with E-state index < -0.39 is 6.04 Å². The number of amides is 2. The summed E-state index contributed by atoms with van der Waals surface area (Å²) in [5.41, 5.74) is 3.91. The van der Waals surface area contributed by atoms with Crippen LogP contribution in [0.15, 0.2) is 36.4 Å². The highest BCUT2D eigenvalue weighted by Crippen LogP contribution is 2.27. The van der Waals surface area contributed by atoms with Crippen molar-refractivity contribution in [3.05, 3.63) is 64.5 Å². The number of anilines is 1. The molecule has 1 unspecified atom stereocenters. The molecule has 7 heteroatoms. The summed E-state index contributed by atoms with van der Waals surface area (Å²) in [4.78, 5) is 26.8. The van der Waals surface area contributed by atoms with Crippen LogP contribution in [0.1, 0.15) is 35.1 Å². The average molecular weight is 418 g/mol. The molecule has 0 saturated carbocycles. The van der Waals surface area contributed by atoms with Gasteiger partial charge in [-0.25, -0.2) is 4.39 Å². The van der Waals surface area contributed by atoms with E-state index >= 15 is 0 Å². The van der Waals surface area contributed by atoms with Gasteiger partial charge in [0.1, 0.15) is 11.9 Å². The number of nitrogens with zero attached hydrogens (tertiary/aromatic N) is 1. The Morgan fingerprint density at radius 2 is 1.97 bits per heavy atom. The van der Waals surface area contributed by atoms with Gasteiger partial charge in [-0.05, 0) is 49.1 Å². The number of carbonyl (C=O) groups excluding carboxylic acids is 2. The van der Waals surface area contributed by atoms with Crippen molar-refractivity contribution in [1.82, 2.24) is 10.2 Å². The molecule has 1 fully saturated rings. The first kappa shape index (κ1) is 21.3. The minimum absolute atomic E-state index is 0. The number of rotatable bonds is 4. The molecule has 2 amide bonds.